The zero-order chi connectivity index (χ0) is 19.3. The molecule has 1 N–H and O–H groups in total. The van der Waals surface area contributed by atoms with Crippen LogP contribution in [0.5, 0.6) is 0 Å². The van der Waals surface area contributed by atoms with E-state index in [0.717, 1.165) is 47.0 Å². The van der Waals surface area contributed by atoms with Crippen molar-refractivity contribution in [2.75, 3.05) is 5.32 Å². The SMILES string of the molecule is Cc1cc(C(=O)Nc2ccc3oc(C4CC4)nc3c2)c(C)n1-c1ccccn1. The van der Waals surface area contributed by atoms with Gasteiger partial charge in [-0.3, -0.25) is 4.79 Å². The number of benzene rings is 1. The molecule has 1 aliphatic rings. The van der Waals surface area contributed by atoms with Gasteiger partial charge in [0.1, 0.15) is 11.3 Å². The Morgan fingerprint density at radius 1 is 1.18 bits per heavy atom. The predicted molar refractivity (Wildman–Crippen MR) is 107 cm³/mol. The second-order valence-electron chi connectivity index (χ2n) is 7.27. The number of amides is 1. The van der Waals surface area contributed by atoms with Crippen LogP contribution in [-0.4, -0.2) is 20.4 Å². The summed E-state index contributed by atoms with van der Waals surface area (Å²) in [5, 5.41) is 2.98. The quantitative estimate of drug-likeness (QED) is 0.560. The van der Waals surface area contributed by atoms with Crippen LogP contribution in [0.2, 0.25) is 0 Å². The van der Waals surface area contributed by atoms with Crippen LogP contribution < -0.4 is 5.32 Å². The minimum Gasteiger partial charge on any atom is -0.440 e. The van der Waals surface area contributed by atoms with E-state index in [1.165, 1.54) is 0 Å². The first-order valence-electron chi connectivity index (χ1n) is 9.42. The first-order chi connectivity index (χ1) is 13.6. The van der Waals surface area contributed by atoms with Gasteiger partial charge in [0.25, 0.3) is 5.91 Å². The van der Waals surface area contributed by atoms with E-state index in [1.807, 2.05) is 60.9 Å². The van der Waals surface area contributed by atoms with Gasteiger partial charge in [-0.1, -0.05) is 6.07 Å². The van der Waals surface area contributed by atoms with Crippen LogP contribution in [-0.2, 0) is 0 Å². The molecule has 1 fully saturated rings. The van der Waals surface area contributed by atoms with E-state index < -0.39 is 0 Å². The molecule has 140 valence electrons. The Labute approximate surface area is 162 Å². The molecule has 3 aromatic heterocycles. The third kappa shape index (κ3) is 2.87. The van der Waals surface area contributed by atoms with Gasteiger partial charge in [-0.25, -0.2) is 9.97 Å². The molecule has 6 nitrogen and oxygen atoms in total. The maximum Gasteiger partial charge on any atom is 0.257 e. The van der Waals surface area contributed by atoms with E-state index in [4.69, 9.17) is 4.42 Å². The number of hydrogen-bond donors (Lipinski definition) is 1. The molecule has 1 aliphatic carbocycles. The summed E-state index contributed by atoms with van der Waals surface area (Å²) in [4.78, 5) is 21.9. The summed E-state index contributed by atoms with van der Waals surface area (Å²) in [5.74, 6) is 1.91. The highest BCUT2D eigenvalue weighted by Gasteiger charge is 2.29. The second kappa shape index (κ2) is 6.34. The summed E-state index contributed by atoms with van der Waals surface area (Å²) in [6.07, 6.45) is 4.03. The number of carbonyl (C=O) groups excluding carboxylic acids is 1. The van der Waals surface area contributed by atoms with Gasteiger partial charge in [0.2, 0.25) is 0 Å². The molecule has 4 aromatic rings. The Bertz CT molecular complexity index is 1190. The highest BCUT2D eigenvalue weighted by molar-refractivity contribution is 6.06. The van der Waals surface area contributed by atoms with E-state index in [2.05, 4.69) is 15.3 Å². The van der Waals surface area contributed by atoms with Gasteiger partial charge >= 0.3 is 0 Å². The number of fused-ring (bicyclic) bond motifs is 1. The van der Waals surface area contributed by atoms with Crippen molar-refractivity contribution < 1.29 is 9.21 Å². The lowest BCUT2D eigenvalue weighted by molar-refractivity contribution is 0.102. The standard InChI is InChI=1S/C22H20N4O2/c1-13-11-17(14(2)26(13)20-5-3-4-10-23-20)21(27)24-16-8-9-19-18(12-16)25-22(28-19)15-6-7-15/h3-5,8-12,15H,6-7H2,1-2H3,(H,24,27). The zero-order valence-corrected chi connectivity index (χ0v) is 15.8. The zero-order valence-electron chi connectivity index (χ0n) is 15.8. The summed E-state index contributed by atoms with van der Waals surface area (Å²) in [7, 11) is 0. The van der Waals surface area contributed by atoms with Gasteiger partial charge < -0.3 is 14.3 Å². The Kier molecular flexibility index (Phi) is 3.79. The summed E-state index contributed by atoms with van der Waals surface area (Å²) in [6.45, 7) is 3.90. The molecular formula is C22H20N4O2. The summed E-state index contributed by atoms with van der Waals surface area (Å²) < 4.78 is 7.77. The number of rotatable bonds is 4. The second-order valence-corrected chi connectivity index (χ2v) is 7.27. The summed E-state index contributed by atoms with van der Waals surface area (Å²) in [6, 6.07) is 13.2. The van der Waals surface area contributed by atoms with Gasteiger partial charge in [-0.2, -0.15) is 0 Å². The van der Waals surface area contributed by atoms with Crippen LogP contribution >= 0.6 is 0 Å². The Balaban J connectivity index is 1.43. The molecule has 28 heavy (non-hydrogen) atoms. The van der Waals surface area contributed by atoms with Gasteiger partial charge in [-0.05, 0) is 63.1 Å². The molecule has 1 saturated carbocycles. The molecule has 5 rings (SSSR count). The maximum atomic E-state index is 12.9. The van der Waals surface area contributed by atoms with Gasteiger partial charge in [-0.15, -0.1) is 0 Å². The lowest BCUT2D eigenvalue weighted by atomic mass is 10.2. The molecular weight excluding hydrogens is 352 g/mol. The van der Waals surface area contributed by atoms with Crippen molar-refractivity contribution in [3.05, 3.63) is 71.5 Å². The van der Waals surface area contributed by atoms with Crippen molar-refractivity contribution in [1.82, 2.24) is 14.5 Å². The smallest absolute Gasteiger partial charge is 0.257 e. The van der Waals surface area contributed by atoms with Crippen molar-refractivity contribution in [1.29, 1.82) is 0 Å². The average Bonchev–Trinajstić information content (AvgIpc) is 3.39. The molecule has 0 unspecified atom stereocenters. The first kappa shape index (κ1) is 16.7. The molecule has 1 aromatic carbocycles. The lowest BCUT2D eigenvalue weighted by Gasteiger charge is -2.09. The number of aryl methyl sites for hydroxylation is 1. The number of aromatic nitrogens is 3. The molecule has 6 heteroatoms. The van der Waals surface area contributed by atoms with E-state index in [-0.39, 0.29) is 5.91 Å². The average molecular weight is 372 g/mol. The number of anilines is 1. The van der Waals surface area contributed by atoms with Crippen LogP contribution in [0.1, 0.15) is 46.4 Å². The van der Waals surface area contributed by atoms with E-state index in [1.54, 1.807) is 6.20 Å². The van der Waals surface area contributed by atoms with E-state index in [0.29, 0.717) is 17.2 Å². The minimum absolute atomic E-state index is 0.152. The molecule has 0 atom stereocenters. The molecule has 0 radical (unpaired) electrons. The van der Waals surface area contributed by atoms with Crippen LogP contribution in [0, 0.1) is 13.8 Å². The number of oxazole rings is 1. The molecule has 1 amide bonds. The first-order valence-corrected chi connectivity index (χ1v) is 9.42. The van der Waals surface area contributed by atoms with Crippen LogP contribution in [0.15, 0.2) is 53.1 Å². The largest absolute Gasteiger partial charge is 0.440 e. The number of nitrogens with one attached hydrogen (secondary N) is 1. The number of hydrogen-bond acceptors (Lipinski definition) is 4. The van der Waals surface area contributed by atoms with Crippen LogP contribution in [0.3, 0.4) is 0 Å². The van der Waals surface area contributed by atoms with Gasteiger partial charge in [0.15, 0.2) is 11.5 Å². The summed E-state index contributed by atoms with van der Waals surface area (Å²) in [5.41, 5.74) is 4.68. The van der Waals surface area contributed by atoms with E-state index in [9.17, 15) is 4.79 Å². The van der Waals surface area contributed by atoms with Crippen LogP contribution in [0.4, 0.5) is 5.69 Å². The molecule has 0 bridgehead atoms. The highest BCUT2D eigenvalue weighted by atomic mass is 16.3. The van der Waals surface area contributed by atoms with Gasteiger partial charge in [0.05, 0.1) is 5.56 Å². The molecule has 0 saturated heterocycles. The minimum atomic E-state index is -0.152. The third-order valence-corrected chi connectivity index (χ3v) is 5.14. The van der Waals surface area contributed by atoms with Crippen LogP contribution in [0.25, 0.3) is 16.9 Å². The number of carbonyl (C=O) groups is 1. The van der Waals surface area contributed by atoms with Crippen molar-refractivity contribution in [2.45, 2.75) is 32.6 Å². The van der Waals surface area contributed by atoms with Crippen molar-refractivity contribution in [2.24, 2.45) is 0 Å². The Hall–Kier alpha value is -3.41. The van der Waals surface area contributed by atoms with E-state index >= 15 is 0 Å². The van der Waals surface area contributed by atoms with Crippen molar-refractivity contribution in [3.8, 4) is 5.82 Å². The molecule has 0 spiro atoms. The monoisotopic (exact) mass is 372 g/mol. The fourth-order valence-electron chi connectivity index (χ4n) is 3.56. The van der Waals surface area contributed by atoms with Crippen molar-refractivity contribution >= 4 is 22.7 Å². The molecule has 3 heterocycles. The fraction of sp³-hybridized carbons (Fsp3) is 0.227. The molecule has 0 aliphatic heterocycles. The normalized spacial score (nSPS) is 13.8. The number of nitrogens with zero attached hydrogens (tertiary/aromatic N) is 3. The summed E-state index contributed by atoms with van der Waals surface area (Å²) >= 11 is 0. The highest BCUT2D eigenvalue weighted by Crippen LogP contribution is 2.40. The fourth-order valence-corrected chi connectivity index (χ4v) is 3.56. The lowest BCUT2D eigenvalue weighted by Crippen LogP contribution is -2.13. The topological polar surface area (TPSA) is 73.0 Å². The maximum absolute atomic E-state index is 12.9. The third-order valence-electron chi connectivity index (χ3n) is 5.14. The van der Waals surface area contributed by atoms with Crippen molar-refractivity contribution in [3.63, 3.8) is 0 Å². The predicted octanol–water partition coefficient (Wildman–Crippen LogP) is 4.76. The Morgan fingerprint density at radius 2 is 2.04 bits per heavy atom. The Morgan fingerprint density at radius 3 is 2.79 bits per heavy atom. The van der Waals surface area contributed by atoms with Gasteiger partial charge in [0, 0.05) is 29.2 Å². The number of pyridine rings is 1.